The number of hydrogen-bond donors (Lipinski definition) is 1. The Kier molecular flexibility index (Phi) is 4.70. The summed E-state index contributed by atoms with van der Waals surface area (Å²) in [7, 11) is 0. The van der Waals surface area contributed by atoms with Crippen molar-refractivity contribution in [2.24, 2.45) is 0 Å². The van der Waals surface area contributed by atoms with Gasteiger partial charge in [-0.1, -0.05) is 35.3 Å². The van der Waals surface area contributed by atoms with E-state index in [4.69, 9.17) is 23.2 Å². The topological polar surface area (TPSA) is 55.2 Å². The summed E-state index contributed by atoms with van der Waals surface area (Å²) in [6.45, 7) is 4.31. The van der Waals surface area contributed by atoms with E-state index in [0.717, 1.165) is 22.4 Å². The third-order valence-electron chi connectivity index (χ3n) is 3.21. The maximum absolute atomic E-state index is 10.8. The second kappa shape index (κ2) is 6.33. The molecular weight excluding hydrogens is 311 g/mol. The molecule has 0 bridgehead atoms. The van der Waals surface area contributed by atoms with Gasteiger partial charge in [-0.3, -0.25) is 10.1 Å². The fourth-order valence-electron chi connectivity index (χ4n) is 1.94. The van der Waals surface area contributed by atoms with Crippen LogP contribution in [0.3, 0.4) is 0 Å². The lowest BCUT2D eigenvalue weighted by atomic mass is 10.1. The molecule has 2 aromatic rings. The minimum Gasteiger partial charge on any atom is -0.381 e. The van der Waals surface area contributed by atoms with Crippen molar-refractivity contribution in [3.05, 3.63) is 67.2 Å². The molecule has 0 saturated heterocycles. The maximum Gasteiger partial charge on any atom is 0.288 e. The maximum atomic E-state index is 10.8. The molecule has 0 fully saturated rings. The second-order valence-electron chi connectivity index (χ2n) is 4.81. The summed E-state index contributed by atoms with van der Waals surface area (Å²) in [5.41, 5.74) is 3.50. The Hall–Kier alpha value is -1.78. The van der Waals surface area contributed by atoms with Crippen LogP contribution in [-0.2, 0) is 6.54 Å². The summed E-state index contributed by atoms with van der Waals surface area (Å²) in [5.74, 6) is 0. The molecule has 0 radical (unpaired) electrons. The Balaban J connectivity index is 2.18. The number of hydrogen-bond acceptors (Lipinski definition) is 3. The number of nitro groups is 1. The van der Waals surface area contributed by atoms with Crippen molar-refractivity contribution in [1.29, 1.82) is 0 Å². The lowest BCUT2D eigenvalue weighted by molar-refractivity contribution is -0.384. The van der Waals surface area contributed by atoms with Crippen LogP contribution < -0.4 is 5.32 Å². The molecule has 0 aliphatic carbocycles. The molecule has 0 spiro atoms. The number of halogens is 2. The van der Waals surface area contributed by atoms with Gasteiger partial charge >= 0.3 is 0 Å². The van der Waals surface area contributed by atoms with E-state index in [2.05, 4.69) is 5.32 Å². The normalized spacial score (nSPS) is 10.5. The molecule has 0 atom stereocenters. The predicted octanol–water partition coefficient (Wildman–Crippen LogP) is 5.13. The summed E-state index contributed by atoms with van der Waals surface area (Å²) in [6, 6.07) is 8.87. The van der Waals surface area contributed by atoms with Gasteiger partial charge in [-0.25, -0.2) is 0 Å². The van der Waals surface area contributed by atoms with Crippen LogP contribution in [-0.4, -0.2) is 4.92 Å². The molecule has 110 valence electrons. The van der Waals surface area contributed by atoms with Crippen molar-refractivity contribution in [2.75, 3.05) is 5.32 Å². The van der Waals surface area contributed by atoms with Gasteiger partial charge in [-0.2, -0.15) is 0 Å². The first-order valence-corrected chi connectivity index (χ1v) is 7.07. The van der Waals surface area contributed by atoms with Gasteiger partial charge in [0.1, 0.15) is 5.02 Å². The molecule has 2 rings (SSSR count). The van der Waals surface area contributed by atoms with E-state index >= 15 is 0 Å². The van der Waals surface area contributed by atoms with Gasteiger partial charge in [0.2, 0.25) is 0 Å². The Bertz CT molecular complexity index is 702. The van der Waals surface area contributed by atoms with Crippen LogP contribution in [0.15, 0.2) is 30.3 Å². The second-order valence-corrected chi connectivity index (χ2v) is 5.63. The highest BCUT2D eigenvalue weighted by molar-refractivity contribution is 6.33. The van der Waals surface area contributed by atoms with Crippen LogP contribution in [0.5, 0.6) is 0 Å². The number of nitrogens with zero attached hydrogens (tertiary/aromatic N) is 1. The van der Waals surface area contributed by atoms with E-state index in [9.17, 15) is 10.1 Å². The third kappa shape index (κ3) is 3.65. The smallest absolute Gasteiger partial charge is 0.288 e. The van der Waals surface area contributed by atoms with Crippen LogP contribution >= 0.6 is 23.2 Å². The third-order valence-corrected chi connectivity index (χ3v) is 3.92. The Morgan fingerprint density at radius 3 is 2.43 bits per heavy atom. The predicted molar refractivity (Wildman–Crippen MR) is 86.4 cm³/mol. The zero-order valence-corrected chi connectivity index (χ0v) is 13.1. The molecule has 21 heavy (non-hydrogen) atoms. The minimum absolute atomic E-state index is 0.0851. The average molecular weight is 325 g/mol. The van der Waals surface area contributed by atoms with Gasteiger partial charge in [-0.05, 0) is 42.7 Å². The number of aryl methyl sites for hydroxylation is 2. The van der Waals surface area contributed by atoms with Crippen LogP contribution in [0.25, 0.3) is 0 Å². The molecule has 6 heteroatoms. The van der Waals surface area contributed by atoms with E-state index < -0.39 is 4.92 Å². The Labute approximate surface area is 132 Å². The van der Waals surface area contributed by atoms with Crippen molar-refractivity contribution >= 4 is 34.6 Å². The number of nitro benzene ring substituents is 1. The van der Waals surface area contributed by atoms with E-state index in [1.165, 1.54) is 6.07 Å². The van der Waals surface area contributed by atoms with Crippen molar-refractivity contribution in [1.82, 2.24) is 0 Å². The largest absolute Gasteiger partial charge is 0.381 e. The molecule has 0 aliphatic rings. The molecule has 0 aromatic heterocycles. The Morgan fingerprint density at radius 2 is 1.81 bits per heavy atom. The van der Waals surface area contributed by atoms with Gasteiger partial charge in [0.15, 0.2) is 0 Å². The minimum atomic E-state index is -0.487. The number of anilines is 1. The highest BCUT2D eigenvalue weighted by atomic mass is 35.5. The van der Waals surface area contributed by atoms with Crippen molar-refractivity contribution < 1.29 is 4.92 Å². The number of rotatable bonds is 4. The molecule has 2 aromatic carbocycles. The molecule has 0 unspecified atom stereocenters. The number of benzene rings is 2. The summed E-state index contributed by atoms with van der Waals surface area (Å²) in [4.78, 5) is 10.3. The summed E-state index contributed by atoms with van der Waals surface area (Å²) < 4.78 is 0. The lowest BCUT2D eigenvalue weighted by Gasteiger charge is -2.11. The van der Waals surface area contributed by atoms with Crippen molar-refractivity contribution in [3.63, 3.8) is 0 Å². The molecule has 0 heterocycles. The number of nitrogens with one attached hydrogen (secondary N) is 1. The van der Waals surface area contributed by atoms with Gasteiger partial charge < -0.3 is 5.32 Å². The quantitative estimate of drug-likeness (QED) is 0.626. The standard InChI is InChI=1S/C15H14Cl2N2O2/c1-9-3-4-11(6-12(9)16)8-18-14-7-13(17)15(19(20)21)5-10(14)2/h3-7,18H,8H2,1-2H3. The van der Waals surface area contributed by atoms with Crippen molar-refractivity contribution in [3.8, 4) is 0 Å². The van der Waals surface area contributed by atoms with E-state index in [0.29, 0.717) is 11.6 Å². The first-order valence-electron chi connectivity index (χ1n) is 6.32. The van der Waals surface area contributed by atoms with Gasteiger partial charge in [0.05, 0.1) is 4.92 Å². The lowest BCUT2D eigenvalue weighted by Crippen LogP contribution is -2.02. The first-order chi connectivity index (χ1) is 9.88. The van der Waals surface area contributed by atoms with E-state index in [-0.39, 0.29) is 10.7 Å². The van der Waals surface area contributed by atoms with Crippen molar-refractivity contribution in [2.45, 2.75) is 20.4 Å². The molecular formula is C15H14Cl2N2O2. The summed E-state index contributed by atoms with van der Waals surface area (Å²) in [6.07, 6.45) is 0. The van der Waals surface area contributed by atoms with Gasteiger partial charge in [0, 0.05) is 23.3 Å². The van der Waals surface area contributed by atoms with Crippen LogP contribution in [0.1, 0.15) is 16.7 Å². The van der Waals surface area contributed by atoms with Gasteiger partial charge in [-0.15, -0.1) is 0 Å². The van der Waals surface area contributed by atoms with E-state index in [1.54, 1.807) is 13.0 Å². The molecule has 1 N–H and O–H groups in total. The zero-order chi connectivity index (χ0) is 15.6. The fraction of sp³-hybridized carbons (Fsp3) is 0.200. The average Bonchev–Trinajstić information content (AvgIpc) is 2.42. The summed E-state index contributed by atoms with van der Waals surface area (Å²) in [5, 5.41) is 14.9. The van der Waals surface area contributed by atoms with E-state index in [1.807, 2.05) is 25.1 Å². The van der Waals surface area contributed by atoms with Crippen LogP contribution in [0.4, 0.5) is 11.4 Å². The zero-order valence-electron chi connectivity index (χ0n) is 11.6. The van der Waals surface area contributed by atoms with Gasteiger partial charge in [0.25, 0.3) is 5.69 Å². The summed E-state index contributed by atoms with van der Waals surface area (Å²) >= 11 is 12.0. The van der Waals surface area contributed by atoms with Crippen LogP contribution in [0, 0.1) is 24.0 Å². The molecule has 0 saturated carbocycles. The first kappa shape index (κ1) is 15.6. The highest BCUT2D eigenvalue weighted by Crippen LogP contribution is 2.30. The fourth-order valence-corrected chi connectivity index (χ4v) is 2.38. The molecule has 4 nitrogen and oxygen atoms in total. The Morgan fingerprint density at radius 1 is 1.10 bits per heavy atom. The molecule has 0 amide bonds. The SMILES string of the molecule is Cc1ccc(CNc2cc(Cl)c([N+](=O)[O-])cc2C)cc1Cl. The monoisotopic (exact) mass is 324 g/mol. The molecule has 0 aliphatic heterocycles. The highest BCUT2D eigenvalue weighted by Gasteiger charge is 2.14. The van der Waals surface area contributed by atoms with Crippen LogP contribution in [0.2, 0.25) is 10.0 Å².